The molecule has 0 radical (unpaired) electrons. The van der Waals surface area contributed by atoms with E-state index in [0.29, 0.717) is 0 Å². The van der Waals surface area contributed by atoms with Crippen LogP contribution in [0.15, 0.2) is 18.2 Å². The van der Waals surface area contributed by atoms with Gasteiger partial charge in [-0.3, -0.25) is 0 Å². The molecule has 0 N–H and O–H groups in total. The summed E-state index contributed by atoms with van der Waals surface area (Å²) in [5.74, 6) is 0.935. The van der Waals surface area contributed by atoms with E-state index in [4.69, 9.17) is 0 Å². The lowest BCUT2D eigenvalue weighted by Crippen LogP contribution is -2.03. The SMILES string of the molecule is CCCC(CCC)CCc1cc(C)ccc1C. The second kappa shape index (κ2) is 7.53. The Morgan fingerprint density at radius 1 is 0.941 bits per heavy atom. The minimum atomic E-state index is 0.935. The van der Waals surface area contributed by atoms with Gasteiger partial charge in [-0.15, -0.1) is 0 Å². The highest BCUT2D eigenvalue weighted by Gasteiger charge is 2.08. The first kappa shape index (κ1) is 14.3. The molecule has 0 aliphatic carbocycles. The van der Waals surface area contributed by atoms with Crippen LogP contribution in [0.4, 0.5) is 0 Å². The summed E-state index contributed by atoms with van der Waals surface area (Å²) < 4.78 is 0. The molecule has 0 saturated heterocycles. The zero-order chi connectivity index (χ0) is 12.7. The fourth-order valence-corrected chi connectivity index (χ4v) is 2.68. The Balaban J connectivity index is 2.55. The van der Waals surface area contributed by atoms with E-state index in [1.54, 1.807) is 5.56 Å². The molecule has 0 fully saturated rings. The lowest BCUT2D eigenvalue weighted by atomic mass is 9.90. The third-order valence-electron chi connectivity index (χ3n) is 3.72. The van der Waals surface area contributed by atoms with Crippen LogP contribution < -0.4 is 0 Å². The molecule has 17 heavy (non-hydrogen) atoms. The highest BCUT2D eigenvalue weighted by molar-refractivity contribution is 5.30. The molecule has 0 spiro atoms. The van der Waals surface area contributed by atoms with Crippen LogP contribution in [0, 0.1) is 19.8 Å². The Hall–Kier alpha value is -0.780. The van der Waals surface area contributed by atoms with Crippen molar-refractivity contribution in [1.29, 1.82) is 0 Å². The summed E-state index contributed by atoms with van der Waals surface area (Å²) in [5.41, 5.74) is 4.41. The molecule has 0 atom stereocenters. The Morgan fingerprint density at radius 2 is 1.59 bits per heavy atom. The van der Waals surface area contributed by atoms with E-state index >= 15 is 0 Å². The monoisotopic (exact) mass is 232 g/mol. The maximum atomic E-state index is 2.37. The van der Waals surface area contributed by atoms with Gasteiger partial charge in [-0.05, 0) is 43.7 Å². The third kappa shape index (κ3) is 4.93. The normalized spacial score (nSPS) is 11.1. The molecule has 1 rings (SSSR count). The maximum Gasteiger partial charge on any atom is -0.0274 e. The first-order valence-electron chi connectivity index (χ1n) is 7.23. The average molecular weight is 232 g/mol. The summed E-state index contributed by atoms with van der Waals surface area (Å²) in [4.78, 5) is 0. The van der Waals surface area contributed by atoms with Crippen molar-refractivity contribution in [2.75, 3.05) is 0 Å². The fourth-order valence-electron chi connectivity index (χ4n) is 2.68. The number of aryl methyl sites for hydroxylation is 3. The van der Waals surface area contributed by atoms with Crippen LogP contribution in [0.25, 0.3) is 0 Å². The van der Waals surface area contributed by atoms with Gasteiger partial charge in [0.05, 0.1) is 0 Å². The minimum absolute atomic E-state index is 0.935. The predicted molar refractivity (Wildman–Crippen MR) is 77.5 cm³/mol. The highest BCUT2D eigenvalue weighted by Crippen LogP contribution is 2.21. The number of benzene rings is 1. The standard InChI is InChI=1S/C17H28/c1-5-7-16(8-6-2)11-12-17-13-14(3)9-10-15(17)4/h9-10,13,16H,5-8,11-12H2,1-4H3. The number of hydrogen-bond acceptors (Lipinski definition) is 0. The van der Waals surface area contributed by atoms with Gasteiger partial charge in [0.25, 0.3) is 0 Å². The minimum Gasteiger partial charge on any atom is -0.0654 e. The van der Waals surface area contributed by atoms with E-state index in [9.17, 15) is 0 Å². The summed E-state index contributed by atoms with van der Waals surface area (Å²) in [6.45, 7) is 9.04. The summed E-state index contributed by atoms with van der Waals surface area (Å²) in [5, 5.41) is 0. The third-order valence-corrected chi connectivity index (χ3v) is 3.72. The molecular formula is C17H28. The van der Waals surface area contributed by atoms with Crippen LogP contribution in [0.1, 0.15) is 62.6 Å². The second-order valence-corrected chi connectivity index (χ2v) is 5.41. The number of rotatable bonds is 7. The van der Waals surface area contributed by atoms with Gasteiger partial charge < -0.3 is 0 Å². The van der Waals surface area contributed by atoms with Gasteiger partial charge in [0.2, 0.25) is 0 Å². The van der Waals surface area contributed by atoms with E-state index in [-0.39, 0.29) is 0 Å². The van der Waals surface area contributed by atoms with Crippen LogP contribution in [0.3, 0.4) is 0 Å². The molecule has 1 aromatic rings. The maximum absolute atomic E-state index is 2.37. The summed E-state index contributed by atoms with van der Waals surface area (Å²) in [6, 6.07) is 6.85. The van der Waals surface area contributed by atoms with Crippen molar-refractivity contribution in [2.45, 2.75) is 66.2 Å². The van der Waals surface area contributed by atoms with Crippen LogP contribution in [-0.4, -0.2) is 0 Å². The Kier molecular flexibility index (Phi) is 6.32. The Bertz CT molecular complexity index is 319. The van der Waals surface area contributed by atoms with E-state index in [1.165, 1.54) is 49.7 Å². The molecular weight excluding hydrogens is 204 g/mol. The summed E-state index contributed by atoms with van der Waals surface area (Å²) in [6.07, 6.45) is 8.09. The quantitative estimate of drug-likeness (QED) is 0.586. The molecule has 0 unspecified atom stereocenters. The molecule has 96 valence electrons. The first-order chi connectivity index (χ1) is 8.17. The molecule has 0 aromatic heterocycles. The van der Waals surface area contributed by atoms with Gasteiger partial charge in [-0.25, -0.2) is 0 Å². The highest BCUT2D eigenvalue weighted by atomic mass is 14.1. The summed E-state index contributed by atoms with van der Waals surface area (Å²) in [7, 11) is 0. The van der Waals surface area contributed by atoms with Crippen molar-refractivity contribution in [1.82, 2.24) is 0 Å². The lowest BCUT2D eigenvalue weighted by Gasteiger charge is -2.16. The zero-order valence-electron chi connectivity index (χ0n) is 12.1. The van der Waals surface area contributed by atoms with Crippen molar-refractivity contribution in [3.63, 3.8) is 0 Å². The van der Waals surface area contributed by atoms with Gasteiger partial charge in [0.1, 0.15) is 0 Å². The molecule has 0 bridgehead atoms. The van der Waals surface area contributed by atoms with E-state index in [0.717, 1.165) is 5.92 Å². The molecule has 0 aliphatic rings. The van der Waals surface area contributed by atoms with Gasteiger partial charge in [0, 0.05) is 0 Å². The molecule has 0 saturated carbocycles. The molecule has 0 aliphatic heterocycles. The van der Waals surface area contributed by atoms with Crippen LogP contribution >= 0.6 is 0 Å². The van der Waals surface area contributed by atoms with Crippen molar-refractivity contribution in [3.05, 3.63) is 34.9 Å². The molecule has 1 aromatic carbocycles. The average Bonchev–Trinajstić information content (AvgIpc) is 2.30. The largest absolute Gasteiger partial charge is 0.0654 e. The van der Waals surface area contributed by atoms with Crippen molar-refractivity contribution in [3.8, 4) is 0 Å². The van der Waals surface area contributed by atoms with E-state index in [2.05, 4.69) is 45.9 Å². The van der Waals surface area contributed by atoms with Crippen molar-refractivity contribution < 1.29 is 0 Å². The smallest absolute Gasteiger partial charge is 0.0274 e. The molecule has 0 heterocycles. The van der Waals surface area contributed by atoms with E-state index in [1.807, 2.05) is 0 Å². The predicted octanol–water partition coefficient (Wildman–Crippen LogP) is 5.45. The zero-order valence-corrected chi connectivity index (χ0v) is 12.1. The van der Waals surface area contributed by atoms with Crippen LogP contribution in [0.5, 0.6) is 0 Å². The molecule has 0 heteroatoms. The van der Waals surface area contributed by atoms with Crippen LogP contribution in [0.2, 0.25) is 0 Å². The Morgan fingerprint density at radius 3 is 2.18 bits per heavy atom. The topological polar surface area (TPSA) is 0 Å². The van der Waals surface area contributed by atoms with Crippen molar-refractivity contribution in [2.24, 2.45) is 5.92 Å². The van der Waals surface area contributed by atoms with Gasteiger partial charge >= 0.3 is 0 Å². The van der Waals surface area contributed by atoms with E-state index < -0.39 is 0 Å². The molecule has 0 amide bonds. The van der Waals surface area contributed by atoms with Crippen LogP contribution in [-0.2, 0) is 6.42 Å². The lowest BCUT2D eigenvalue weighted by molar-refractivity contribution is 0.411. The Labute approximate surface area is 107 Å². The first-order valence-corrected chi connectivity index (χ1v) is 7.23. The van der Waals surface area contributed by atoms with Crippen molar-refractivity contribution >= 4 is 0 Å². The van der Waals surface area contributed by atoms with Gasteiger partial charge in [0.15, 0.2) is 0 Å². The van der Waals surface area contributed by atoms with Gasteiger partial charge in [-0.2, -0.15) is 0 Å². The second-order valence-electron chi connectivity index (χ2n) is 5.41. The molecule has 0 nitrogen and oxygen atoms in total. The van der Waals surface area contributed by atoms with Gasteiger partial charge in [-0.1, -0.05) is 63.3 Å². The number of hydrogen-bond donors (Lipinski definition) is 0. The summed E-state index contributed by atoms with van der Waals surface area (Å²) >= 11 is 0. The fraction of sp³-hybridized carbons (Fsp3) is 0.647.